The van der Waals surface area contributed by atoms with Crippen molar-refractivity contribution in [3.05, 3.63) is 36.8 Å². The third-order valence-electron chi connectivity index (χ3n) is 5.01. The molecule has 0 aliphatic rings. The lowest BCUT2D eigenvalue weighted by atomic mass is 9.94. The Kier molecular flexibility index (Phi) is 6.24. The number of nitrogens with zero attached hydrogens (tertiary/aromatic N) is 7. The summed E-state index contributed by atoms with van der Waals surface area (Å²) < 4.78 is 47.9. The van der Waals surface area contributed by atoms with Crippen molar-refractivity contribution < 1.29 is 32.6 Å². The Balaban J connectivity index is 1.76. The quantitative estimate of drug-likeness (QED) is 0.359. The minimum atomic E-state index is -4.73. The molecule has 0 saturated heterocycles. The first-order valence-corrected chi connectivity index (χ1v) is 10.6. The van der Waals surface area contributed by atoms with Crippen molar-refractivity contribution in [3.8, 4) is 22.9 Å². The van der Waals surface area contributed by atoms with Crippen molar-refractivity contribution in [1.82, 2.24) is 39.1 Å². The van der Waals surface area contributed by atoms with Gasteiger partial charge in [0.05, 0.1) is 19.2 Å². The van der Waals surface area contributed by atoms with E-state index in [4.69, 9.17) is 9.84 Å². The predicted octanol–water partition coefficient (Wildman–Crippen LogP) is 3.35. The van der Waals surface area contributed by atoms with Crippen LogP contribution in [0, 0.1) is 5.41 Å². The molecule has 0 aliphatic carbocycles. The molecule has 0 fully saturated rings. The lowest BCUT2D eigenvalue weighted by Gasteiger charge is -2.31. The maximum atomic E-state index is 13.1. The van der Waals surface area contributed by atoms with E-state index in [1.165, 1.54) is 27.7 Å². The van der Waals surface area contributed by atoms with Crippen molar-refractivity contribution in [2.24, 2.45) is 5.41 Å². The first-order valence-electron chi connectivity index (χ1n) is 10.6. The summed E-state index contributed by atoms with van der Waals surface area (Å²) in [4.78, 5) is 39.4. The molecule has 0 bridgehead atoms. The van der Waals surface area contributed by atoms with E-state index in [2.05, 4.69) is 25.0 Å². The van der Waals surface area contributed by atoms with Crippen molar-refractivity contribution in [3.63, 3.8) is 0 Å². The van der Waals surface area contributed by atoms with Crippen LogP contribution in [0.2, 0.25) is 0 Å². The van der Waals surface area contributed by atoms with Gasteiger partial charge in [-0.2, -0.15) is 18.3 Å². The van der Waals surface area contributed by atoms with E-state index in [1.54, 1.807) is 12.3 Å². The largest absolute Gasteiger partial charge is 0.481 e. The third kappa shape index (κ3) is 5.04. The minimum Gasteiger partial charge on any atom is -0.481 e. The molecule has 0 aliphatic heterocycles. The number of aliphatic carboxylic acids is 1. The van der Waals surface area contributed by atoms with Crippen molar-refractivity contribution in [1.29, 1.82) is 0 Å². The number of aromatic nitrogens is 8. The highest BCUT2D eigenvalue weighted by Crippen LogP contribution is 2.36. The first kappa shape index (κ1) is 24.8. The fraction of sp³-hybridized carbons (Fsp3) is 0.381. The van der Waals surface area contributed by atoms with Crippen LogP contribution in [0.4, 0.5) is 13.2 Å². The summed E-state index contributed by atoms with van der Waals surface area (Å²) in [5.74, 6) is -3.22. The number of esters is 1. The number of ether oxygens (including phenoxy) is 1. The summed E-state index contributed by atoms with van der Waals surface area (Å²) in [6.07, 6.45) is -0.252. The second-order valence-electron chi connectivity index (χ2n) is 8.91. The number of carbonyl (C=O) groups is 2. The zero-order valence-electron chi connectivity index (χ0n) is 19.3. The smallest absolute Gasteiger partial charge is 0.451 e. The molecule has 0 aromatic carbocycles. The summed E-state index contributed by atoms with van der Waals surface area (Å²) in [5, 5.41) is 14.4. The van der Waals surface area contributed by atoms with Crippen LogP contribution in [-0.2, 0) is 20.5 Å². The molecule has 0 amide bonds. The topological polar surface area (TPSA) is 153 Å². The number of fused-ring (bicyclic) bond motifs is 1. The van der Waals surface area contributed by atoms with E-state index in [0.29, 0.717) is 0 Å². The molecule has 190 valence electrons. The number of carboxylic acids is 1. The van der Waals surface area contributed by atoms with Crippen molar-refractivity contribution in [2.45, 2.75) is 46.0 Å². The van der Waals surface area contributed by atoms with Crippen LogP contribution in [0.1, 0.15) is 45.7 Å². The average molecular weight is 506 g/mol. The summed E-state index contributed by atoms with van der Waals surface area (Å²) in [6, 6.07) is 1.61. The molecule has 0 spiro atoms. The van der Waals surface area contributed by atoms with Gasteiger partial charge in [-0.1, -0.05) is 20.8 Å². The number of hydrogen-bond acceptors (Lipinski definition) is 8. The zero-order valence-corrected chi connectivity index (χ0v) is 19.3. The molecule has 4 aromatic rings. The Labute approximate surface area is 201 Å². The second kappa shape index (κ2) is 9.05. The standard InChI is InChI=1S/C21H21F3N8O4/c1-20(2,3)18(36-13(35)6-5-12(33)34)31-9-11(26-10-31)15-14(27-19-25-7-4-8-32(15)19)16-28-17(30-29-16)21(22,23)24/h4,7-10,18H,5-6H2,1-3H3,(H,33,34)(H,28,29,30). The highest BCUT2D eigenvalue weighted by atomic mass is 19.4. The fourth-order valence-electron chi connectivity index (χ4n) is 3.45. The molecule has 36 heavy (non-hydrogen) atoms. The van der Waals surface area contributed by atoms with Crippen LogP contribution in [0.15, 0.2) is 31.0 Å². The Hall–Kier alpha value is -4.30. The number of nitrogens with one attached hydrogen (secondary N) is 1. The highest BCUT2D eigenvalue weighted by Gasteiger charge is 2.36. The molecule has 1 atom stereocenters. The predicted molar refractivity (Wildman–Crippen MR) is 116 cm³/mol. The van der Waals surface area contributed by atoms with Crippen LogP contribution in [0.25, 0.3) is 28.7 Å². The van der Waals surface area contributed by atoms with Gasteiger partial charge in [-0.15, -0.1) is 0 Å². The van der Waals surface area contributed by atoms with Crippen LogP contribution in [-0.4, -0.2) is 56.1 Å². The Morgan fingerprint density at radius 2 is 1.92 bits per heavy atom. The van der Waals surface area contributed by atoms with Crippen LogP contribution < -0.4 is 0 Å². The molecule has 15 heteroatoms. The molecule has 12 nitrogen and oxygen atoms in total. The SMILES string of the molecule is CC(C)(C)C(OC(=O)CCC(=O)O)n1cnc(-c2c(-c3n[nH]c(C(F)(F)F)n3)nc3ncccn23)c1. The maximum absolute atomic E-state index is 13.1. The second-order valence-corrected chi connectivity index (χ2v) is 8.91. The molecule has 4 rings (SSSR count). The normalized spacial score (nSPS) is 13.2. The van der Waals surface area contributed by atoms with E-state index in [-0.39, 0.29) is 41.5 Å². The van der Waals surface area contributed by atoms with Crippen LogP contribution >= 0.6 is 0 Å². The fourth-order valence-corrected chi connectivity index (χ4v) is 3.45. The Bertz CT molecular complexity index is 1420. The van der Waals surface area contributed by atoms with Crippen LogP contribution in [0.5, 0.6) is 0 Å². The van der Waals surface area contributed by atoms with Gasteiger partial charge in [0.2, 0.25) is 17.4 Å². The van der Waals surface area contributed by atoms with E-state index < -0.39 is 35.6 Å². The van der Waals surface area contributed by atoms with E-state index >= 15 is 0 Å². The van der Waals surface area contributed by atoms with Crippen LogP contribution in [0.3, 0.4) is 0 Å². The lowest BCUT2D eigenvalue weighted by Crippen LogP contribution is -2.28. The maximum Gasteiger partial charge on any atom is 0.451 e. The van der Waals surface area contributed by atoms with E-state index in [9.17, 15) is 22.8 Å². The van der Waals surface area contributed by atoms with Gasteiger partial charge < -0.3 is 9.84 Å². The van der Waals surface area contributed by atoms with Gasteiger partial charge in [-0.3, -0.25) is 23.7 Å². The molecule has 1 unspecified atom stereocenters. The summed E-state index contributed by atoms with van der Waals surface area (Å²) >= 11 is 0. The van der Waals surface area contributed by atoms with Gasteiger partial charge in [0, 0.05) is 24.0 Å². The number of aromatic amines is 1. The zero-order chi connectivity index (χ0) is 26.3. The summed E-state index contributed by atoms with van der Waals surface area (Å²) in [5.41, 5.74) is -0.0582. The number of H-pyrrole nitrogens is 1. The number of imidazole rings is 2. The number of rotatable bonds is 7. The Morgan fingerprint density at radius 3 is 2.56 bits per heavy atom. The van der Waals surface area contributed by atoms with Crippen molar-refractivity contribution >= 4 is 17.7 Å². The lowest BCUT2D eigenvalue weighted by molar-refractivity contribution is -0.164. The number of carbonyl (C=O) groups excluding carboxylic acids is 1. The molecule has 2 N–H and O–H groups in total. The van der Waals surface area contributed by atoms with Gasteiger partial charge in [-0.25, -0.2) is 19.9 Å². The molecular weight excluding hydrogens is 485 g/mol. The number of carboxylic acid groups (broad SMARTS) is 1. The van der Waals surface area contributed by atoms with Gasteiger partial charge in [0.15, 0.2) is 6.23 Å². The Morgan fingerprint density at radius 1 is 1.17 bits per heavy atom. The average Bonchev–Trinajstić information content (AvgIpc) is 3.52. The van der Waals surface area contributed by atoms with E-state index in [0.717, 1.165) is 0 Å². The summed E-state index contributed by atoms with van der Waals surface area (Å²) in [7, 11) is 0. The molecule has 0 radical (unpaired) electrons. The molecule has 4 aromatic heterocycles. The van der Waals surface area contributed by atoms with Gasteiger partial charge >= 0.3 is 18.1 Å². The van der Waals surface area contributed by atoms with Gasteiger partial charge in [0.25, 0.3) is 0 Å². The number of alkyl halides is 3. The highest BCUT2D eigenvalue weighted by molar-refractivity contribution is 5.77. The van der Waals surface area contributed by atoms with Gasteiger partial charge in [0.1, 0.15) is 17.1 Å². The third-order valence-corrected chi connectivity index (χ3v) is 5.01. The molecular formula is C21H21F3N8O4. The van der Waals surface area contributed by atoms with Gasteiger partial charge in [-0.05, 0) is 6.07 Å². The minimum absolute atomic E-state index is 0.0106. The van der Waals surface area contributed by atoms with E-state index in [1.807, 2.05) is 25.9 Å². The number of hydrogen-bond donors (Lipinski definition) is 2. The first-order chi connectivity index (χ1) is 16.8. The summed E-state index contributed by atoms with van der Waals surface area (Å²) in [6.45, 7) is 5.45. The molecule has 0 saturated carbocycles. The molecule has 4 heterocycles. The number of halogens is 3. The van der Waals surface area contributed by atoms with Crippen molar-refractivity contribution in [2.75, 3.05) is 0 Å². The monoisotopic (exact) mass is 506 g/mol.